The molecule has 4 nitrogen and oxygen atoms in total. The van der Waals surface area contributed by atoms with Gasteiger partial charge in [-0.15, -0.1) is 0 Å². The molecule has 112 valence electrons. The fourth-order valence-electron chi connectivity index (χ4n) is 3.36. The molecule has 1 aliphatic carbocycles. The third-order valence-corrected chi connectivity index (χ3v) is 4.06. The van der Waals surface area contributed by atoms with Crippen LogP contribution in [0, 0.1) is 0 Å². The van der Waals surface area contributed by atoms with Crippen LogP contribution >= 0.6 is 0 Å². The van der Waals surface area contributed by atoms with Gasteiger partial charge in [0.05, 0.1) is 5.54 Å². The highest BCUT2D eigenvalue weighted by Crippen LogP contribution is 2.33. The summed E-state index contributed by atoms with van der Waals surface area (Å²) < 4.78 is 0. The highest BCUT2D eigenvalue weighted by atomic mass is 16.1. The number of nitrogens with two attached hydrogens (primary N) is 1. The molecule has 0 heterocycles. The van der Waals surface area contributed by atoms with Gasteiger partial charge < -0.3 is 16.0 Å². The molecule has 1 aliphatic rings. The van der Waals surface area contributed by atoms with E-state index in [2.05, 4.69) is 37.9 Å². The van der Waals surface area contributed by atoms with Gasteiger partial charge in [0, 0.05) is 12.1 Å². The van der Waals surface area contributed by atoms with Crippen molar-refractivity contribution in [3.63, 3.8) is 0 Å². The van der Waals surface area contributed by atoms with E-state index in [1.165, 1.54) is 0 Å². The molecule has 0 aromatic rings. The first kappa shape index (κ1) is 16.4. The Kier molecular flexibility index (Phi) is 6.27. The molecule has 0 saturated heterocycles. The summed E-state index contributed by atoms with van der Waals surface area (Å²) in [5.74, 6) is -0.184. The number of rotatable bonds is 8. The molecule has 19 heavy (non-hydrogen) atoms. The molecule has 1 rings (SSSR count). The Labute approximate surface area is 118 Å². The summed E-state index contributed by atoms with van der Waals surface area (Å²) in [6, 6.07) is 0.788. The van der Waals surface area contributed by atoms with Crippen molar-refractivity contribution in [3.8, 4) is 0 Å². The molecule has 0 aromatic carbocycles. The van der Waals surface area contributed by atoms with Crippen LogP contribution in [0.2, 0.25) is 0 Å². The molecule has 0 aliphatic heterocycles. The van der Waals surface area contributed by atoms with Crippen molar-refractivity contribution in [2.45, 2.75) is 77.4 Å². The van der Waals surface area contributed by atoms with Crippen molar-refractivity contribution < 1.29 is 4.79 Å². The summed E-state index contributed by atoms with van der Waals surface area (Å²) in [5.41, 5.74) is 5.18. The average Bonchev–Trinajstić information content (AvgIpc) is 2.73. The van der Waals surface area contributed by atoms with Crippen molar-refractivity contribution in [1.82, 2.24) is 10.2 Å². The zero-order valence-corrected chi connectivity index (χ0v) is 13.0. The third-order valence-electron chi connectivity index (χ3n) is 4.06. The molecular formula is C15H31N3O. The third kappa shape index (κ3) is 4.18. The number of nitrogens with one attached hydrogen (secondary N) is 1. The molecule has 1 fully saturated rings. The Balaban J connectivity index is 2.73. The molecule has 2 atom stereocenters. The first-order chi connectivity index (χ1) is 8.95. The van der Waals surface area contributed by atoms with Gasteiger partial charge in [0.25, 0.3) is 0 Å². The van der Waals surface area contributed by atoms with E-state index in [1.807, 2.05) is 0 Å². The maximum atomic E-state index is 11.9. The maximum absolute atomic E-state index is 11.9. The Morgan fingerprint density at radius 2 is 1.95 bits per heavy atom. The highest BCUT2D eigenvalue weighted by molar-refractivity contribution is 5.85. The second-order valence-corrected chi connectivity index (χ2v) is 6.18. The lowest BCUT2D eigenvalue weighted by Gasteiger charge is -2.32. The van der Waals surface area contributed by atoms with Gasteiger partial charge in [0.2, 0.25) is 5.91 Å². The van der Waals surface area contributed by atoms with Crippen LogP contribution < -0.4 is 11.1 Å². The number of amides is 1. The van der Waals surface area contributed by atoms with Crippen LogP contribution in [0.3, 0.4) is 0 Å². The van der Waals surface area contributed by atoms with E-state index >= 15 is 0 Å². The lowest BCUT2D eigenvalue weighted by Crippen LogP contribution is -2.56. The lowest BCUT2D eigenvalue weighted by atomic mass is 9.95. The number of hydrogen-bond donors (Lipinski definition) is 2. The second kappa shape index (κ2) is 7.25. The Morgan fingerprint density at radius 3 is 2.37 bits per heavy atom. The summed E-state index contributed by atoms with van der Waals surface area (Å²) >= 11 is 0. The van der Waals surface area contributed by atoms with Crippen LogP contribution in [0.25, 0.3) is 0 Å². The first-order valence-electron chi connectivity index (χ1n) is 7.76. The van der Waals surface area contributed by atoms with Gasteiger partial charge in [-0.05, 0) is 59.0 Å². The summed E-state index contributed by atoms with van der Waals surface area (Å²) in [6.07, 6.45) is 5.13. The predicted molar refractivity (Wildman–Crippen MR) is 80.0 cm³/mol. The van der Waals surface area contributed by atoms with Gasteiger partial charge in [-0.1, -0.05) is 13.8 Å². The molecule has 2 unspecified atom stereocenters. The van der Waals surface area contributed by atoms with Crippen LogP contribution in [-0.4, -0.2) is 41.5 Å². The predicted octanol–water partition coefficient (Wildman–Crippen LogP) is 1.88. The molecule has 0 bridgehead atoms. The van der Waals surface area contributed by atoms with Crippen molar-refractivity contribution in [1.29, 1.82) is 0 Å². The number of carbonyl (C=O) groups excluding carboxylic acids is 1. The Bertz CT molecular complexity index is 287. The SMILES string of the molecule is CCCN(CCC)C1CCC(NC(C)C)(C(N)=O)C1. The van der Waals surface area contributed by atoms with Crippen LogP contribution in [0.4, 0.5) is 0 Å². The minimum absolute atomic E-state index is 0.184. The second-order valence-electron chi connectivity index (χ2n) is 6.18. The number of nitrogens with zero attached hydrogens (tertiary/aromatic N) is 1. The van der Waals surface area contributed by atoms with Crippen molar-refractivity contribution in [2.24, 2.45) is 5.73 Å². The van der Waals surface area contributed by atoms with Crippen LogP contribution in [0.5, 0.6) is 0 Å². The van der Waals surface area contributed by atoms with Crippen molar-refractivity contribution >= 4 is 5.91 Å². The standard InChI is InChI=1S/C15H31N3O/c1-5-9-18(10-6-2)13-7-8-15(11-13,14(16)19)17-12(3)4/h12-13,17H,5-11H2,1-4H3,(H2,16,19). The molecular weight excluding hydrogens is 238 g/mol. The van der Waals surface area contributed by atoms with Crippen molar-refractivity contribution in [2.75, 3.05) is 13.1 Å². The highest BCUT2D eigenvalue weighted by Gasteiger charge is 2.45. The fourth-order valence-corrected chi connectivity index (χ4v) is 3.36. The smallest absolute Gasteiger partial charge is 0.237 e. The maximum Gasteiger partial charge on any atom is 0.237 e. The van der Waals surface area contributed by atoms with E-state index in [-0.39, 0.29) is 11.9 Å². The summed E-state index contributed by atoms with van der Waals surface area (Å²) in [6.45, 7) is 10.8. The van der Waals surface area contributed by atoms with Gasteiger partial charge in [-0.3, -0.25) is 4.79 Å². The van der Waals surface area contributed by atoms with Crippen molar-refractivity contribution in [3.05, 3.63) is 0 Å². The van der Waals surface area contributed by atoms with E-state index in [0.29, 0.717) is 6.04 Å². The van der Waals surface area contributed by atoms with E-state index in [0.717, 1.165) is 45.2 Å². The topological polar surface area (TPSA) is 58.4 Å². The minimum Gasteiger partial charge on any atom is -0.368 e. The molecule has 0 spiro atoms. The summed E-state index contributed by atoms with van der Waals surface area (Å²) in [4.78, 5) is 14.4. The van der Waals surface area contributed by atoms with Gasteiger partial charge in [-0.2, -0.15) is 0 Å². The Hall–Kier alpha value is -0.610. The van der Waals surface area contributed by atoms with E-state index in [4.69, 9.17) is 5.73 Å². The molecule has 3 N–H and O–H groups in total. The van der Waals surface area contributed by atoms with E-state index in [1.54, 1.807) is 0 Å². The zero-order valence-electron chi connectivity index (χ0n) is 13.0. The van der Waals surface area contributed by atoms with Gasteiger partial charge in [0.1, 0.15) is 0 Å². The molecule has 0 radical (unpaired) electrons. The molecule has 4 heteroatoms. The fraction of sp³-hybridized carbons (Fsp3) is 0.933. The molecule has 1 saturated carbocycles. The number of carbonyl (C=O) groups is 1. The number of hydrogen-bond acceptors (Lipinski definition) is 3. The summed E-state index contributed by atoms with van der Waals surface area (Å²) in [5, 5.41) is 3.42. The van der Waals surface area contributed by atoms with Gasteiger partial charge >= 0.3 is 0 Å². The van der Waals surface area contributed by atoms with Crippen LogP contribution in [0.15, 0.2) is 0 Å². The van der Waals surface area contributed by atoms with Crippen LogP contribution in [-0.2, 0) is 4.79 Å². The Morgan fingerprint density at radius 1 is 1.37 bits per heavy atom. The summed E-state index contributed by atoms with van der Waals surface area (Å²) in [7, 11) is 0. The quantitative estimate of drug-likeness (QED) is 0.707. The lowest BCUT2D eigenvalue weighted by molar-refractivity contribution is -0.124. The molecule has 1 amide bonds. The zero-order chi connectivity index (χ0) is 14.5. The number of primary amides is 1. The largest absolute Gasteiger partial charge is 0.368 e. The first-order valence-corrected chi connectivity index (χ1v) is 7.76. The van der Waals surface area contributed by atoms with Gasteiger partial charge in [0.15, 0.2) is 0 Å². The monoisotopic (exact) mass is 269 g/mol. The van der Waals surface area contributed by atoms with Gasteiger partial charge in [-0.25, -0.2) is 0 Å². The van der Waals surface area contributed by atoms with E-state index < -0.39 is 5.54 Å². The van der Waals surface area contributed by atoms with Crippen LogP contribution in [0.1, 0.15) is 59.8 Å². The molecule has 0 aromatic heterocycles. The van der Waals surface area contributed by atoms with E-state index in [9.17, 15) is 4.79 Å². The average molecular weight is 269 g/mol. The normalized spacial score (nSPS) is 27.4. The minimum atomic E-state index is -0.488.